The molecule has 6 nitrogen and oxygen atoms in total. The Morgan fingerprint density at radius 3 is 2.95 bits per heavy atom. The molecule has 0 unspecified atom stereocenters. The van der Waals surface area contributed by atoms with Crippen molar-refractivity contribution in [3.05, 3.63) is 36.3 Å². The number of rotatable bonds is 3. The lowest BCUT2D eigenvalue weighted by Gasteiger charge is -2.14. The number of imidazole rings is 1. The Morgan fingerprint density at radius 2 is 2.25 bits per heavy atom. The van der Waals surface area contributed by atoms with Crippen LogP contribution in [0.25, 0.3) is 5.65 Å². The number of carboxylic acid groups (broad SMARTS) is 1. The molecule has 1 amide bonds. The van der Waals surface area contributed by atoms with E-state index in [1.165, 1.54) is 0 Å². The maximum absolute atomic E-state index is 12.1. The molecule has 1 atom stereocenters. The number of hydrogen-bond acceptors (Lipinski definition) is 3. The average Bonchev–Trinajstić information content (AvgIpc) is 3.04. The SMILES string of the molecule is O=C(O)[C@H]1CCN(C(=O)Cc2cn3ccccc3n2)C1. The number of pyridine rings is 1. The molecule has 2 aromatic rings. The van der Waals surface area contributed by atoms with Crippen molar-refractivity contribution in [3.63, 3.8) is 0 Å². The molecule has 0 aromatic carbocycles. The first-order chi connectivity index (χ1) is 9.63. The van der Waals surface area contributed by atoms with Crippen molar-refractivity contribution >= 4 is 17.5 Å². The fourth-order valence-corrected chi connectivity index (χ4v) is 2.53. The molecule has 0 saturated carbocycles. The van der Waals surface area contributed by atoms with Gasteiger partial charge in [-0.2, -0.15) is 0 Å². The number of carboxylic acids is 1. The normalized spacial score (nSPS) is 18.6. The Bertz CT molecular complexity index is 631. The first kappa shape index (κ1) is 12.7. The lowest BCUT2D eigenvalue weighted by atomic mass is 10.1. The van der Waals surface area contributed by atoms with Gasteiger partial charge in [0.15, 0.2) is 0 Å². The van der Waals surface area contributed by atoms with Gasteiger partial charge in [0.1, 0.15) is 5.65 Å². The molecule has 3 heterocycles. The molecular weight excluding hydrogens is 258 g/mol. The molecule has 0 radical (unpaired) electrons. The number of amides is 1. The number of nitrogens with zero attached hydrogens (tertiary/aromatic N) is 3. The molecule has 1 N–H and O–H groups in total. The van der Waals surface area contributed by atoms with Gasteiger partial charge in [-0.25, -0.2) is 4.98 Å². The Hall–Kier alpha value is -2.37. The van der Waals surface area contributed by atoms with Gasteiger partial charge in [-0.05, 0) is 18.6 Å². The topological polar surface area (TPSA) is 74.9 Å². The maximum atomic E-state index is 12.1. The molecule has 1 aliphatic rings. The summed E-state index contributed by atoms with van der Waals surface area (Å²) >= 11 is 0. The molecule has 0 spiro atoms. The number of aliphatic carboxylic acids is 1. The van der Waals surface area contributed by atoms with E-state index in [0.29, 0.717) is 25.2 Å². The molecule has 6 heteroatoms. The van der Waals surface area contributed by atoms with Crippen molar-refractivity contribution in [2.24, 2.45) is 5.92 Å². The predicted molar refractivity (Wildman–Crippen MR) is 71.2 cm³/mol. The summed E-state index contributed by atoms with van der Waals surface area (Å²) in [6, 6.07) is 5.67. The summed E-state index contributed by atoms with van der Waals surface area (Å²) < 4.78 is 1.87. The van der Waals surface area contributed by atoms with Crippen LogP contribution in [0.15, 0.2) is 30.6 Å². The van der Waals surface area contributed by atoms with Gasteiger partial charge in [-0.1, -0.05) is 6.07 Å². The molecule has 0 aliphatic carbocycles. The van der Waals surface area contributed by atoms with Crippen LogP contribution in [0.1, 0.15) is 12.1 Å². The average molecular weight is 273 g/mol. The molecule has 20 heavy (non-hydrogen) atoms. The zero-order valence-electron chi connectivity index (χ0n) is 10.9. The third-order valence-electron chi connectivity index (χ3n) is 3.64. The maximum Gasteiger partial charge on any atom is 0.308 e. The van der Waals surface area contributed by atoms with Crippen LogP contribution in [0.2, 0.25) is 0 Å². The summed E-state index contributed by atoms with van der Waals surface area (Å²) in [5, 5.41) is 8.94. The van der Waals surface area contributed by atoms with Crippen LogP contribution in [0, 0.1) is 5.92 Å². The van der Waals surface area contributed by atoms with Crippen molar-refractivity contribution in [2.45, 2.75) is 12.8 Å². The molecule has 1 saturated heterocycles. The first-order valence-electron chi connectivity index (χ1n) is 6.56. The third kappa shape index (κ3) is 2.36. The van der Waals surface area contributed by atoms with Crippen molar-refractivity contribution in [3.8, 4) is 0 Å². The summed E-state index contributed by atoms with van der Waals surface area (Å²) in [6.45, 7) is 0.824. The third-order valence-corrected chi connectivity index (χ3v) is 3.64. The molecule has 1 fully saturated rings. The lowest BCUT2D eigenvalue weighted by molar-refractivity contribution is -0.141. The van der Waals surface area contributed by atoms with Crippen molar-refractivity contribution in [1.82, 2.24) is 14.3 Å². The summed E-state index contributed by atoms with van der Waals surface area (Å²) in [5.74, 6) is -1.31. The fraction of sp³-hybridized carbons (Fsp3) is 0.357. The molecular formula is C14H15N3O3. The van der Waals surface area contributed by atoms with Gasteiger partial charge in [0.05, 0.1) is 18.0 Å². The van der Waals surface area contributed by atoms with Crippen LogP contribution in [-0.4, -0.2) is 44.4 Å². The number of fused-ring (bicyclic) bond motifs is 1. The van der Waals surface area contributed by atoms with Gasteiger partial charge in [0.2, 0.25) is 5.91 Å². The van der Waals surface area contributed by atoms with E-state index in [4.69, 9.17) is 5.11 Å². The Morgan fingerprint density at radius 1 is 1.40 bits per heavy atom. The number of hydrogen-bond donors (Lipinski definition) is 1. The minimum absolute atomic E-state index is 0.0582. The van der Waals surface area contributed by atoms with E-state index >= 15 is 0 Å². The second-order valence-electron chi connectivity index (χ2n) is 5.04. The van der Waals surface area contributed by atoms with Gasteiger partial charge < -0.3 is 14.4 Å². The van der Waals surface area contributed by atoms with Crippen molar-refractivity contribution < 1.29 is 14.7 Å². The van der Waals surface area contributed by atoms with Crippen LogP contribution >= 0.6 is 0 Å². The summed E-state index contributed by atoms with van der Waals surface area (Å²) in [5.41, 5.74) is 1.51. The van der Waals surface area contributed by atoms with E-state index in [9.17, 15) is 9.59 Å². The van der Waals surface area contributed by atoms with E-state index in [2.05, 4.69) is 4.98 Å². The van der Waals surface area contributed by atoms with Gasteiger partial charge in [0, 0.05) is 25.5 Å². The zero-order chi connectivity index (χ0) is 14.1. The fourth-order valence-electron chi connectivity index (χ4n) is 2.53. The van der Waals surface area contributed by atoms with Gasteiger partial charge in [-0.15, -0.1) is 0 Å². The van der Waals surface area contributed by atoms with Gasteiger partial charge >= 0.3 is 5.97 Å². The second kappa shape index (κ2) is 4.96. The summed E-state index contributed by atoms with van der Waals surface area (Å²) in [6.07, 6.45) is 4.46. The monoisotopic (exact) mass is 273 g/mol. The second-order valence-corrected chi connectivity index (χ2v) is 5.04. The number of carbonyl (C=O) groups is 2. The number of aromatic nitrogens is 2. The van der Waals surface area contributed by atoms with Crippen molar-refractivity contribution in [2.75, 3.05) is 13.1 Å². The smallest absolute Gasteiger partial charge is 0.308 e. The Labute approximate surface area is 115 Å². The highest BCUT2D eigenvalue weighted by atomic mass is 16.4. The van der Waals surface area contributed by atoms with Crippen molar-refractivity contribution in [1.29, 1.82) is 0 Å². The van der Waals surface area contributed by atoms with Gasteiger partial charge in [-0.3, -0.25) is 9.59 Å². The minimum Gasteiger partial charge on any atom is -0.481 e. The lowest BCUT2D eigenvalue weighted by Crippen LogP contribution is -2.31. The Kier molecular flexibility index (Phi) is 3.14. The molecule has 1 aliphatic heterocycles. The molecule has 104 valence electrons. The van der Waals surface area contributed by atoms with Crippen LogP contribution in [-0.2, 0) is 16.0 Å². The van der Waals surface area contributed by atoms with E-state index in [0.717, 1.165) is 5.65 Å². The highest BCUT2D eigenvalue weighted by Gasteiger charge is 2.30. The minimum atomic E-state index is -0.826. The largest absolute Gasteiger partial charge is 0.481 e. The van der Waals surface area contributed by atoms with Crippen LogP contribution in [0.5, 0.6) is 0 Å². The summed E-state index contributed by atoms with van der Waals surface area (Å²) in [4.78, 5) is 29.0. The van der Waals surface area contributed by atoms with Crippen LogP contribution in [0.4, 0.5) is 0 Å². The standard InChI is InChI=1S/C14H15N3O3/c18-13(17-6-4-10(8-17)14(19)20)7-11-9-16-5-2-1-3-12(16)15-11/h1-3,5,9-10H,4,6-8H2,(H,19,20)/t10-/m0/s1. The number of carbonyl (C=O) groups excluding carboxylic acids is 1. The van der Waals surface area contributed by atoms with E-state index in [1.54, 1.807) is 4.90 Å². The van der Waals surface area contributed by atoms with E-state index in [1.807, 2.05) is 35.0 Å². The highest BCUT2D eigenvalue weighted by molar-refractivity contribution is 5.80. The van der Waals surface area contributed by atoms with E-state index in [-0.39, 0.29) is 12.3 Å². The van der Waals surface area contributed by atoms with E-state index < -0.39 is 11.9 Å². The highest BCUT2D eigenvalue weighted by Crippen LogP contribution is 2.17. The van der Waals surface area contributed by atoms with Gasteiger partial charge in [0.25, 0.3) is 0 Å². The summed E-state index contributed by atoms with van der Waals surface area (Å²) in [7, 11) is 0. The quantitative estimate of drug-likeness (QED) is 0.898. The molecule has 0 bridgehead atoms. The zero-order valence-corrected chi connectivity index (χ0v) is 10.9. The van der Waals surface area contributed by atoms with Crippen LogP contribution in [0.3, 0.4) is 0 Å². The predicted octanol–water partition coefficient (Wildman–Crippen LogP) is 0.810. The first-order valence-corrected chi connectivity index (χ1v) is 6.56. The van der Waals surface area contributed by atoms with Crippen LogP contribution < -0.4 is 0 Å². The number of likely N-dealkylation sites (tertiary alicyclic amines) is 1. The Balaban J connectivity index is 1.68. The molecule has 2 aromatic heterocycles. The molecule has 3 rings (SSSR count).